The second kappa shape index (κ2) is 5.11. The van der Waals surface area contributed by atoms with Crippen molar-refractivity contribution >= 4 is 11.7 Å². The fourth-order valence-corrected chi connectivity index (χ4v) is 4.05. The van der Waals surface area contributed by atoms with E-state index >= 15 is 0 Å². The predicted molar refractivity (Wildman–Crippen MR) is 85.6 cm³/mol. The van der Waals surface area contributed by atoms with E-state index in [4.69, 9.17) is 0 Å². The molecule has 2 N–H and O–H groups in total. The number of aromatic amines is 1. The summed E-state index contributed by atoms with van der Waals surface area (Å²) < 4.78 is 3.62. The Morgan fingerprint density at radius 3 is 2.65 bits per heavy atom. The van der Waals surface area contributed by atoms with Gasteiger partial charge in [0.25, 0.3) is 5.56 Å². The van der Waals surface area contributed by atoms with Gasteiger partial charge in [-0.05, 0) is 19.8 Å². The number of carbonyl (C=O) groups excluding carboxylic acids is 1. The van der Waals surface area contributed by atoms with E-state index in [-0.39, 0.29) is 29.8 Å². The van der Waals surface area contributed by atoms with Crippen LogP contribution in [0.5, 0.6) is 0 Å². The number of carbonyl (C=O) groups is 1. The summed E-state index contributed by atoms with van der Waals surface area (Å²) in [5.41, 5.74) is 2.40. The summed E-state index contributed by atoms with van der Waals surface area (Å²) in [5, 5.41) is 10.2. The van der Waals surface area contributed by atoms with Crippen LogP contribution in [0.2, 0.25) is 0 Å². The molecule has 0 aromatic carbocycles. The van der Waals surface area contributed by atoms with E-state index in [1.165, 1.54) is 12.8 Å². The van der Waals surface area contributed by atoms with Gasteiger partial charge in [0, 0.05) is 31.1 Å². The van der Waals surface area contributed by atoms with E-state index in [9.17, 15) is 9.59 Å². The first kappa shape index (κ1) is 14.3. The quantitative estimate of drug-likeness (QED) is 0.886. The molecule has 7 heteroatoms. The third kappa shape index (κ3) is 2.22. The van der Waals surface area contributed by atoms with Crippen LogP contribution in [0.3, 0.4) is 0 Å². The average Bonchev–Trinajstić information content (AvgIpc) is 3.18. The fourth-order valence-electron chi connectivity index (χ4n) is 4.05. The molecule has 4 rings (SSSR count). The lowest BCUT2D eigenvalue weighted by Gasteiger charge is -2.24. The molecule has 0 bridgehead atoms. The first-order valence-electron chi connectivity index (χ1n) is 8.19. The Kier molecular flexibility index (Phi) is 3.18. The van der Waals surface area contributed by atoms with Crippen molar-refractivity contribution < 1.29 is 4.79 Å². The summed E-state index contributed by atoms with van der Waals surface area (Å²) >= 11 is 0. The van der Waals surface area contributed by atoms with Crippen LogP contribution < -0.4 is 10.9 Å². The fraction of sp³-hybridized carbons (Fsp3) is 0.562. The van der Waals surface area contributed by atoms with Crippen LogP contribution in [0.15, 0.2) is 11.0 Å². The van der Waals surface area contributed by atoms with Crippen molar-refractivity contribution in [2.45, 2.75) is 51.0 Å². The molecule has 0 spiro atoms. The summed E-state index contributed by atoms with van der Waals surface area (Å²) in [4.78, 5) is 24.8. The van der Waals surface area contributed by atoms with Gasteiger partial charge in [0.15, 0.2) is 0 Å². The number of rotatable bonds is 2. The van der Waals surface area contributed by atoms with Gasteiger partial charge >= 0.3 is 0 Å². The van der Waals surface area contributed by atoms with Gasteiger partial charge in [-0.15, -0.1) is 0 Å². The zero-order valence-electron chi connectivity index (χ0n) is 13.4. The largest absolute Gasteiger partial charge is 0.311 e. The number of H-pyrrole nitrogens is 1. The zero-order chi connectivity index (χ0) is 16.1. The van der Waals surface area contributed by atoms with Crippen molar-refractivity contribution in [3.05, 3.63) is 33.4 Å². The lowest BCUT2D eigenvalue weighted by Crippen LogP contribution is -2.27. The Hall–Kier alpha value is -2.31. The van der Waals surface area contributed by atoms with Crippen molar-refractivity contribution in [1.29, 1.82) is 0 Å². The molecule has 2 aliphatic rings. The van der Waals surface area contributed by atoms with Crippen LogP contribution in [0, 0.1) is 6.92 Å². The number of aryl methyl sites for hydroxylation is 2. The molecular formula is C16H21N5O2. The van der Waals surface area contributed by atoms with Gasteiger partial charge in [-0.25, -0.2) is 0 Å². The lowest BCUT2D eigenvalue weighted by molar-refractivity contribution is -0.116. The maximum absolute atomic E-state index is 12.6. The maximum atomic E-state index is 12.6. The number of nitrogens with zero attached hydrogens (tertiary/aromatic N) is 3. The summed E-state index contributed by atoms with van der Waals surface area (Å²) in [6, 6.07) is 0.278. The van der Waals surface area contributed by atoms with Gasteiger partial charge < -0.3 is 5.32 Å². The number of amides is 1. The van der Waals surface area contributed by atoms with Gasteiger partial charge in [0.1, 0.15) is 5.82 Å². The first-order chi connectivity index (χ1) is 11.0. The van der Waals surface area contributed by atoms with Crippen LogP contribution in [0.25, 0.3) is 0 Å². The molecule has 1 unspecified atom stereocenters. The summed E-state index contributed by atoms with van der Waals surface area (Å²) in [6.45, 7) is 1.92. The molecular weight excluding hydrogens is 294 g/mol. The number of hydrogen-bond donors (Lipinski definition) is 2. The number of nitrogens with one attached hydrogen (secondary N) is 2. The molecule has 0 saturated heterocycles. The molecule has 1 aliphatic heterocycles. The molecule has 2 aromatic rings. The van der Waals surface area contributed by atoms with Gasteiger partial charge in [-0.3, -0.25) is 24.1 Å². The normalized spacial score (nSPS) is 21.5. The standard InChI is InChI=1S/C16H21N5O2/c1-9-12(8-20(2)18-9)11-7-13(22)17-15-14(11)16(23)19-21(15)10-5-3-4-6-10/h8,10-11H,3-7H2,1-2H3,(H,17,22)(H,19,23). The van der Waals surface area contributed by atoms with E-state index in [1.807, 2.05) is 24.9 Å². The molecule has 1 saturated carbocycles. The highest BCUT2D eigenvalue weighted by atomic mass is 16.2. The van der Waals surface area contributed by atoms with Gasteiger partial charge in [-0.1, -0.05) is 12.8 Å². The van der Waals surface area contributed by atoms with Gasteiger partial charge in [0.2, 0.25) is 5.91 Å². The van der Waals surface area contributed by atoms with E-state index in [0.29, 0.717) is 11.4 Å². The van der Waals surface area contributed by atoms with Crippen LogP contribution in [0.1, 0.15) is 60.9 Å². The third-order valence-electron chi connectivity index (χ3n) is 5.08. The van der Waals surface area contributed by atoms with Crippen molar-refractivity contribution in [3.63, 3.8) is 0 Å². The minimum absolute atomic E-state index is 0.0449. The van der Waals surface area contributed by atoms with Gasteiger partial charge in [-0.2, -0.15) is 5.10 Å². The molecule has 1 atom stereocenters. The summed E-state index contributed by atoms with van der Waals surface area (Å²) in [6.07, 6.45) is 6.62. The number of aromatic nitrogens is 4. The van der Waals surface area contributed by atoms with Crippen molar-refractivity contribution in [1.82, 2.24) is 19.6 Å². The first-order valence-corrected chi connectivity index (χ1v) is 8.19. The van der Waals surface area contributed by atoms with E-state index in [1.54, 1.807) is 4.68 Å². The monoisotopic (exact) mass is 315 g/mol. The van der Waals surface area contributed by atoms with E-state index < -0.39 is 0 Å². The van der Waals surface area contributed by atoms with Crippen LogP contribution in [0.4, 0.5) is 5.82 Å². The highest BCUT2D eigenvalue weighted by Gasteiger charge is 2.35. The van der Waals surface area contributed by atoms with Crippen molar-refractivity contribution in [2.24, 2.45) is 7.05 Å². The van der Waals surface area contributed by atoms with Crippen LogP contribution in [-0.2, 0) is 11.8 Å². The topological polar surface area (TPSA) is 84.7 Å². The Morgan fingerprint density at radius 1 is 1.26 bits per heavy atom. The van der Waals surface area contributed by atoms with Crippen molar-refractivity contribution in [2.75, 3.05) is 5.32 Å². The molecule has 7 nitrogen and oxygen atoms in total. The maximum Gasteiger partial charge on any atom is 0.270 e. The smallest absolute Gasteiger partial charge is 0.270 e. The summed E-state index contributed by atoms with van der Waals surface area (Å²) in [7, 11) is 1.86. The molecule has 2 aromatic heterocycles. The average molecular weight is 315 g/mol. The SMILES string of the molecule is Cc1nn(C)cc1C1CC(=O)Nc2c1c(=O)[nH]n2C1CCCC1. The Labute approximate surface area is 133 Å². The van der Waals surface area contributed by atoms with Crippen molar-refractivity contribution in [3.8, 4) is 0 Å². The molecule has 1 amide bonds. The van der Waals surface area contributed by atoms with Crippen LogP contribution >= 0.6 is 0 Å². The third-order valence-corrected chi connectivity index (χ3v) is 5.08. The van der Waals surface area contributed by atoms with Gasteiger partial charge in [0.05, 0.1) is 17.3 Å². The lowest BCUT2D eigenvalue weighted by atomic mass is 9.87. The minimum atomic E-state index is -0.223. The Balaban J connectivity index is 1.86. The van der Waals surface area contributed by atoms with Crippen LogP contribution in [-0.4, -0.2) is 25.5 Å². The van der Waals surface area contributed by atoms with E-state index in [0.717, 1.165) is 24.1 Å². The molecule has 1 fully saturated rings. The second-order valence-electron chi connectivity index (χ2n) is 6.66. The summed E-state index contributed by atoms with van der Waals surface area (Å²) in [5.74, 6) is 0.391. The predicted octanol–water partition coefficient (Wildman–Crippen LogP) is 1.81. The Bertz CT molecular complexity index is 822. The number of hydrogen-bond acceptors (Lipinski definition) is 3. The minimum Gasteiger partial charge on any atom is -0.311 e. The highest BCUT2D eigenvalue weighted by Crippen LogP contribution is 2.39. The zero-order valence-corrected chi connectivity index (χ0v) is 13.4. The molecule has 0 radical (unpaired) electrons. The second-order valence-corrected chi connectivity index (χ2v) is 6.66. The molecule has 122 valence electrons. The van der Waals surface area contributed by atoms with E-state index in [2.05, 4.69) is 15.5 Å². The molecule has 3 heterocycles. The number of fused-ring (bicyclic) bond motifs is 1. The molecule has 1 aliphatic carbocycles. The molecule has 23 heavy (non-hydrogen) atoms. The highest BCUT2D eigenvalue weighted by molar-refractivity contribution is 5.94. The Morgan fingerprint density at radius 2 is 2.00 bits per heavy atom. The number of anilines is 1.